The summed E-state index contributed by atoms with van der Waals surface area (Å²) >= 11 is 0. The van der Waals surface area contributed by atoms with E-state index in [1.807, 2.05) is 11.9 Å². The summed E-state index contributed by atoms with van der Waals surface area (Å²) in [5, 5.41) is 0. The fourth-order valence-electron chi connectivity index (χ4n) is 4.14. The van der Waals surface area contributed by atoms with Crippen molar-refractivity contribution in [2.75, 3.05) is 40.8 Å². The maximum absolute atomic E-state index is 14.2. The molecular weight excluding hydrogens is 321 g/mol. The zero-order chi connectivity index (χ0) is 18.2. The van der Waals surface area contributed by atoms with Gasteiger partial charge in [-0.25, -0.2) is 4.39 Å². The fourth-order valence-corrected chi connectivity index (χ4v) is 4.14. The molecule has 1 aromatic rings. The third kappa shape index (κ3) is 3.40. The number of likely N-dealkylation sites (tertiary alicyclic amines) is 2. The maximum Gasteiger partial charge on any atom is 0.244 e. The van der Waals surface area contributed by atoms with Crippen molar-refractivity contribution >= 4 is 11.8 Å². The van der Waals surface area contributed by atoms with E-state index < -0.39 is 6.04 Å². The Hall–Kier alpha value is -1.95. The second kappa shape index (κ2) is 6.75. The fraction of sp³-hybridized carbons (Fsp3) is 0.579. The summed E-state index contributed by atoms with van der Waals surface area (Å²) < 4.78 is 14.2. The first-order valence-corrected chi connectivity index (χ1v) is 8.77. The first-order chi connectivity index (χ1) is 11.8. The Kier molecular flexibility index (Phi) is 4.82. The zero-order valence-corrected chi connectivity index (χ0v) is 15.2. The normalized spacial score (nSPS) is 21.2. The van der Waals surface area contributed by atoms with E-state index in [-0.39, 0.29) is 23.0 Å². The summed E-state index contributed by atoms with van der Waals surface area (Å²) in [6.45, 7) is 2.02. The Bertz CT molecular complexity index is 668. The van der Waals surface area contributed by atoms with E-state index in [0.717, 1.165) is 19.4 Å². The predicted molar refractivity (Wildman–Crippen MR) is 93.3 cm³/mol. The molecule has 0 saturated carbocycles. The number of likely N-dealkylation sites (N-methyl/N-ethyl adjacent to an activating group) is 1. The predicted octanol–water partition coefficient (Wildman–Crippen LogP) is 1.90. The summed E-state index contributed by atoms with van der Waals surface area (Å²) in [5.74, 6) is -0.231. The zero-order valence-electron chi connectivity index (χ0n) is 15.2. The highest BCUT2D eigenvalue weighted by Crippen LogP contribution is 2.41. The van der Waals surface area contributed by atoms with Gasteiger partial charge < -0.3 is 9.80 Å². The van der Waals surface area contributed by atoms with Gasteiger partial charge in [0.25, 0.3) is 0 Å². The summed E-state index contributed by atoms with van der Waals surface area (Å²) in [4.78, 5) is 30.3. The molecule has 0 radical (unpaired) electrons. The molecule has 1 aromatic carbocycles. The van der Waals surface area contributed by atoms with Gasteiger partial charge in [0.1, 0.15) is 11.9 Å². The van der Waals surface area contributed by atoms with Gasteiger partial charge in [-0.1, -0.05) is 18.2 Å². The number of rotatable bonds is 3. The van der Waals surface area contributed by atoms with Crippen LogP contribution < -0.4 is 0 Å². The molecule has 5 nitrogen and oxygen atoms in total. The van der Waals surface area contributed by atoms with Crippen molar-refractivity contribution in [3.05, 3.63) is 35.6 Å². The van der Waals surface area contributed by atoms with Gasteiger partial charge in [-0.15, -0.1) is 0 Å². The largest absolute Gasteiger partial charge is 0.345 e. The lowest BCUT2D eigenvalue weighted by Crippen LogP contribution is -2.48. The molecule has 2 saturated heterocycles. The van der Waals surface area contributed by atoms with Crippen LogP contribution in [0.2, 0.25) is 0 Å². The Labute approximate surface area is 148 Å². The lowest BCUT2D eigenvalue weighted by atomic mass is 9.77. The molecular formula is C19H26FN3O2. The number of hydrogen-bond donors (Lipinski definition) is 0. The highest BCUT2D eigenvalue weighted by atomic mass is 19.1. The SMILES string of the molecule is CN1CC2(CCN(C(=O)[C@@H](c3ccccc3F)N(C)C)CC2)CC1=O. The van der Waals surface area contributed by atoms with E-state index in [2.05, 4.69) is 0 Å². The third-order valence-corrected chi connectivity index (χ3v) is 5.61. The standard InChI is InChI=1S/C19H26FN3O2/c1-21(2)17(14-6-4-5-7-15(14)20)18(25)23-10-8-19(9-11-23)12-16(24)22(3)13-19/h4-7,17H,8-13H2,1-3H3/t17-/m1/s1. The number of hydrogen-bond acceptors (Lipinski definition) is 3. The number of halogens is 1. The lowest BCUT2D eigenvalue weighted by Gasteiger charge is -2.40. The van der Waals surface area contributed by atoms with E-state index in [1.165, 1.54) is 6.07 Å². The lowest BCUT2D eigenvalue weighted by molar-refractivity contribution is -0.138. The molecule has 0 N–H and O–H groups in total. The van der Waals surface area contributed by atoms with E-state index in [0.29, 0.717) is 25.1 Å². The van der Waals surface area contributed by atoms with Gasteiger partial charge in [-0.2, -0.15) is 0 Å². The molecule has 0 aromatic heterocycles. The summed E-state index contributed by atoms with van der Waals surface area (Å²) in [7, 11) is 5.44. The van der Waals surface area contributed by atoms with Gasteiger partial charge in [0, 0.05) is 44.1 Å². The van der Waals surface area contributed by atoms with Crippen LogP contribution in [-0.2, 0) is 9.59 Å². The molecule has 2 amide bonds. The Morgan fingerprint density at radius 1 is 1.24 bits per heavy atom. The van der Waals surface area contributed by atoms with E-state index in [9.17, 15) is 14.0 Å². The van der Waals surface area contributed by atoms with Crippen LogP contribution in [0.5, 0.6) is 0 Å². The molecule has 3 rings (SSSR count). The van der Waals surface area contributed by atoms with Crippen molar-refractivity contribution in [1.29, 1.82) is 0 Å². The second-order valence-electron chi connectivity index (χ2n) is 7.64. The second-order valence-corrected chi connectivity index (χ2v) is 7.64. The van der Waals surface area contributed by atoms with Gasteiger partial charge in [0.2, 0.25) is 11.8 Å². The topological polar surface area (TPSA) is 43.9 Å². The van der Waals surface area contributed by atoms with Crippen molar-refractivity contribution in [2.45, 2.75) is 25.3 Å². The van der Waals surface area contributed by atoms with Gasteiger partial charge in [-0.3, -0.25) is 14.5 Å². The van der Waals surface area contributed by atoms with Crippen LogP contribution in [0, 0.1) is 11.2 Å². The quantitative estimate of drug-likeness (QED) is 0.839. The average Bonchev–Trinajstić information content (AvgIpc) is 2.83. The van der Waals surface area contributed by atoms with Crippen molar-refractivity contribution in [3.8, 4) is 0 Å². The van der Waals surface area contributed by atoms with Gasteiger partial charge >= 0.3 is 0 Å². The van der Waals surface area contributed by atoms with Gasteiger partial charge in [0.05, 0.1) is 0 Å². The van der Waals surface area contributed by atoms with Crippen LogP contribution >= 0.6 is 0 Å². The Morgan fingerprint density at radius 2 is 1.88 bits per heavy atom. The van der Waals surface area contributed by atoms with Crippen molar-refractivity contribution < 1.29 is 14.0 Å². The minimum Gasteiger partial charge on any atom is -0.345 e. The van der Waals surface area contributed by atoms with Gasteiger partial charge in [0.15, 0.2) is 0 Å². The molecule has 1 atom stereocenters. The molecule has 0 bridgehead atoms. The summed E-state index contributed by atoms with van der Waals surface area (Å²) in [6, 6.07) is 5.84. The van der Waals surface area contributed by atoms with E-state index >= 15 is 0 Å². The number of carbonyl (C=O) groups excluding carboxylic acids is 2. The van der Waals surface area contributed by atoms with Crippen LogP contribution in [0.25, 0.3) is 0 Å². The molecule has 2 aliphatic heterocycles. The molecule has 0 aliphatic carbocycles. The molecule has 1 spiro atoms. The molecule has 2 fully saturated rings. The smallest absolute Gasteiger partial charge is 0.244 e. The minimum atomic E-state index is -0.622. The number of benzene rings is 1. The van der Waals surface area contributed by atoms with Crippen molar-refractivity contribution in [2.24, 2.45) is 5.41 Å². The minimum absolute atomic E-state index is 0.00816. The molecule has 25 heavy (non-hydrogen) atoms. The van der Waals surface area contributed by atoms with Crippen molar-refractivity contribution in [1.82, 2.24) is 14.7 Å². The Morgan fingerprint density at radius 3 is 2.40 bits per heavy atom. The molecule has 2 heterocycles. The number of amides is 2. The molecule has 2 aliphatic rings. The van der Waals surface area contributed by atoms with Crippen LogP contribution in [0.15, 0.2) is 24.3 Å². The van der Waals surface area contributed by atoms with Crippen LogP contribution in [0.1, 0.15) is 30.9 Å². The monoisotopic (exact) mass is 347 g/mol. The van der Waals surface area contributed by atoms with Crippen LogP contribution in [0.3, 0.4) is 0 Å². The van der Waals surface area contributed by atoms with Crippen molar-refractivity contribution in [3.63, 3.8) is 0 Å². The summed E-state index contributed by atoms with van der Waals surface area (Å²) in [6.07, 6.45) is 2.23. The number of carbonyl (C=O) groups is 2. The first kappa shape index (κ1) is 17.9. The highest BCUT2D eigenvalue weighted by Gasteiger charge is 2.45. The third-order valence-electron chi connectivity index (χ3n) is 5.61. The average molecular weight is 347 g/mol. The highest BCUT2D eigenvalue weighted by molar-refractivity contribution is 5.84. The first-order valence-electron chi connectivity index (χ1n) is 8.77. The number of nitrogens with zero attached hydrogens (tertiary/aromatic N) is 3. The van der Waals surface area contributed by atoms with Gasteiger partial charge in [-0.05, 0) is 33.0 Å². The van der Waals surface area contributed by atoms with Crippen LogP contribution in [0.4, 0.5) is 4.39 Å². The number of piperidine rings is 1. The van der Waals surface area contributed by atoms with E-state index in [4.69, 9.17) is 0 Å². The summed E-state index contributed by atoms with van der Waals surface area (Å²) in [5.41, 5.74) is 0.419. The molecule has 6 heteroatoms. The van der Waals surface area contributed by atoms with Crippen LogP contribution in [-0.4, -0.2) is 67.3 Å². The molecule has 136 valence electrons. The Balaban J connectivity index is 1.73. The maximum atomic E-state index is 14.2. The van der Waals surface area contributed by atoms with E-state index in [1.54, 1.807) is 42.1 Å². The molecule has 0 unspecified atom stereocenters.